The number of aliphatic imine (C=N–C) groups is 1. The highest BCUT2D eigenvalue weighted by Gasteiger charge is 2.01. The summed E-state index contributed by atoms with van der Waals surface area (Å²) in [6.45, 7) is 4.65. The smallest absolute Gasteiger partial charge is 0.221 e. The van der Waals surface area contributed by atoms with Crippen LogP contribution >= 0.6 is 24.0 Å². The fourth-order valence-electron chi connectivity index (χ4n) is 1.14. The second-order valence-corrected chi connectivity index (χ2v) is 3.52. The van der Waals surface area contributed by atoms with Gasteiger partial charge < -0.3 is 20.7 Å². The van der Waals surface area contributed by atoms with Crippen molar-refractivity contribution in [3.63, 3.8) is 0 Å². The lowest BCUT2D eigenvalue weighted by Crippen LogP contribution is -2.40. The minimum atomic E-state index is 0. The van der Waals surface area contributed by atoms with Crippen LogP contribution in [0.5, 0.6) is 0 Å². The van der Waals surface area contributed by atoms with Crippen molar-refractivity contribution in [1.29, 1.82) is 0 Å². The first-order valence-corrected chi connectivity index (χ1v) is 5.94. The van der Waals surface area contributed by atoms with E-state index in [0.717, 1.165) is 13.0 Å². The number of nitrogens with one attached hydrogen (secondary N) is 3. The molecule has 0 aliphatic carbocycles. The molecule has 0 radical (unpaired) electrons. The summed E-state index contributed by atoms with van der Waals surface area (Å²) in [6, 6.07) is 0. The minimum absolute atomic E-state index is 0. The van der Waals surface area contributed by atoms with Gasteiger partial charge in [-0.25, -0.2) is 0 Å². The van der Waals surface area contributed by atoms with E-state index in [9.17, 15) is 4.79 Å². The number of carbonyl (C=O) groups excluding carboxylic acids is 1. The van der Waals surface area contributed by atoms with Crippen LogP contribution in [0.4, 0.5) is 0 Å². The Hall–Kier alpha value is -0.570. The molecule has 0 saturated carbocycles. The summed E-state index contributed by atoms with van der Waals surface area (Å²) < 4.78 is 4.91. The lowest BCUT2D eigenvalue weighted by atomic mass is 10.4. The van der Waals surface area contributed by atoms with Gasteiger partial charge in [0.05, 0.1) is 6.61 Å². The molecule has 108 valence electrons. The molecule has 0 bridgehead atoms. The molecular weight excluding hydrogens is 347 g/mol. The normalized spacial score (nSPS) is 10.5. The summed E-state index contributed by atoms with van der Waals surface area (Å²) in [5, 5.41) is 8.94. The van der Waals surface area contributed by atoms with E-state index < -0.39 is 0 Å². The van der Waals surface area contributed by atoms with Gasteiger partial charge in [-0.1, -0.05) is 6.92 Å². The molecule has 0 aliphatic heterocycles. The molecule has 18 heavy (non-hydrogen) atoms. The van der Waals surface area contributed by atoms with Crippen molar-refractivity contribution in [3.8, 4) is 0 Å². The highest BCUT2D eigenvalue weighted by Crippen LogP contribution is 1.79. The zero-order chi connectivity index (χ0) is 12.9. The fraction of sp³-hybridized carbons (Fsp3) is 0.818. The Morgan fingerprint density at radius 1 is 1.17 bits per heavy atom. The van der Waals surface area contributed by atoms with Crippen molar-refractivity contribution in [3.05, 3.63) is 0 Å². The van der Waals surface area contributed by atoms with Gasteiger partial charge in [-0.15, -0.1) is 24.0 Å². The maximum absolute atomic E-state index is 11.3. The van der Waals surface area contributed by atoms with E-state index in [1.54, 1.807) is 14.2 Å². The zero-order valence-electron chi connectivity index (χ0n) is 11.4. The van der Waals surface area contributed by atoms with E-state index >= 15 is 0 Å². The molecule has 0 atom stereocenters. The highest BCUT2D eigenvalue weighted by molar-refractivity contribution is 14.0. The Morgan fingerprint density at radius 2 is 1.83 bits per heavy atom. The first-order chi connectivity index (χ1) is 8.24. The summed E-state index contributed by atoms with van der Waals surface area (Å²) in [7, 11) is 3.34. The number of carbonyl (C=O) groups is 1. The Balaban J connectivity index is 0. The van der Waals surface area contributed by atoms with Gasteiger partial charge in [0, 0.05) is 40.2 Å². The Morgan fingerprint density at radius 3 is 2.39 bits per heavy atom. The van der Waals surface area contributed by atoms with Gasteiger partial charge in [0.15, 0.2) is 5.96 Å². The molecule has 0 aromatic rings. The first-order valence-electron chi connectivity index (χ1n) is 5.94. The number of halogens is 1. The van der Waals surface area contributed by atoms with E-state index in [4.69, 9.17) is 4.74 Å². The van der Waals surface area contributed by atoms with Crippen molar-refractivity contribution < 1.29 is 9.53 Å². The third-order valence-electron chi connectivity index (χ3n) is 2.04. The van der Waals surface area contributed by atoms with Gasteiger partial charge in [0.25, 0.3) is 0 Å². The standard InChI is InChI=1S/C11H24N4O2.HI/c1-4-6-13-10(16)5-7-14-11(12-2)15-8-9-17-3;/h4-9H2,1-3H3,(H,13,16)(H2,12,14,15);1H. The predicted octanol–water partition coefficient (Wildman–Crippen LogP) is 0.332. The molecule has 0 aliphatic rings. The third-order valence-corrected chi connectivity index (χ3v) is 2.04. The molecule has 0 heterocycles. The van der Waals surface area contributed by atoms with Gasteiger partial charge in [-0.05, 0) is 6.42 Å². The predicted molar refractivity (Wildman–Crippen MR) is 84.6 cm³/mol. The van der Waals surface area contributed by atoms with Crippen LogP contribution in [0.25, 0.3) is 0 Å². The second kappa shape index (κ2) is 14.5. The number of guanidine groups is 1. The van der Waals surface area contributed by atoms with Gasteiger partial charge in [0.2, 0.25) is 5.91 Å². The van der Waals surface area contributed by atoms with Gasteiger partial charge in [-0.3, -0.25) is 9.79 Å². The molecule has 0 rings (SSSR count). The summed E-state index contributed by atoms with van der Waals surface area (Å²) in [6.07, 6.45) is 1.41. The van der Waals surface area contributed by atoms with Crippen LogP contribution in [0.1, 0.15) is 19.8 Å². The number of ether oxygens (including phenoxy) is 1. The Bertz CT molecular complexity index is 237. The third kappa shape index (κ3) is 11.9. The molecule has 0 aromatic heterocycles. The summed E-state index contributed by atoms with van der Waals surface area (Å²) in [5.74, 6) is 0.747. The zero-order valence-corrected chi connectivity index (χ0v) is 13.7. The minimum Gasteiger partial charge on any atom is -0.383 e. The van der Waals surface area contributed by atoms with E-state index in [2.05, 4.69) is 20.9 Å². The fourth-order valence-corrected chi connectivity index (χ4v) is 1.14. The summed E-state index contributed by atoms with van der Waals surface area (Å²) in [4.78, 5) is 15.3. The lowest BCUT2D eigenvalue weighted by Gasteiger charge is -2.11. The quantitative estimate of drug-likeness (QED) is 0.249. The first kappa shape index (κ1) is 19.8. The number of rotatable bonds is 8. The van der Waals surface area contributed by atoms with Gasteiger partial charge in [0.1, 0.15) is 0 Å². The van der Waals surface area contributed by atoms with E-state index in [1.807, 2.05) is 6.92 Å². The van der Waals surface area contributed by atoms with E-state index in [0.29, 0.717) is 32.1 Å². The van der Waals surface area contributed by atoms with Crippen LogP contribution in [0, 0.1) is 0 Å². The highest BCUT2D eigenvalue weighted by atomic mass is 127. The van der Waals surface area contributed by atoms with Crippen molar-refractivity contribution in [2.45, 2.75) is 19.8 Å². The number of amides is 1. The molecule has 0 saturated heterocycles. The monoisotopic (exact) mass is 372 g/mol. The van der Waals surface area contributed by atoms with Crippen molar-refractivity contribution in [1.82, 2.24) is 16.0 Å². The summed E-state index contributed by atoms with van der Waals surface area (Å²) in [5.41, 5.74) is 0. The molecule has 3 N–H and O–H groups in total. The Kier molecular flexibility index (Phi) is 15.9. The van der Waals surface area contributed by atoms with Crippen molar-refractivity contribution >= 4 is 35.8 Å². The van der Waals surface area contributed by atoms with Crippen molar-refractivity contribution in [2.75, 3.05) is 40.4 Å². The molecule has 1 amide bonds. The van der Waals surface area contributed by atoms with Gasteiger partial charge >= 0.3 is 0 Å². The van der Waals surface area contributed by atoms with Crippen LogP contribution in [0.3, 0.4) is 0 Å². The van der Waals surface area contributed by atoms with Crippen molar-refractivity contribution in [2.24, 2.45) is 4.99 Å². The topological polar surface area (TPSA) is 74.8 Å². The maximum Gasteiger partial charge on any atom is 0.221 e. The van der Waals surface area contributed by atoms with Crippen LogP contribution in [0.15, 0.2) is 4.99 Å². The van der Waals surface area contributed by atoms with Crippen LogP contribution in [-0.2, 0) is 9.53 Å². The number of hydrogen-bond donors (Lipinski definition) is 3. The largest absolute Gasteiger partial charge is 0.383 e. The molecule has 0 unspecified atom stereocenters. The van der Waals surface area contributed by atoms with Gasteiger partial charge in [-0.2, -0.15) is 0 Å². The number of hydrogen-bond acceptors (Lipinski definition) is 3. The molecule has 0 aromatic carbocycles. The molecular formula is C11H25IN4O2. The maximum atomic E-state index is 11.3. The number of methoxy groups -OCH3 is 1. The second-order valence-electron chi connectivity index (χ2n) is 3.52. The molecule has 7 heteroatoms. The summed E-state index contributed by atoms with van der Waals surface area (Å²) >= 11 is 0. The SMILES string of the molecule is CCCNC(=O)CCNC(=NC)NCCOC.I. The number of nitrogens with zero attached hydrogens (tertiary/aromatic N) is 1. The van der Waals surface area contributed by atoms with Crippen LogP contribution in [0.2, 0.25) is 0 Å². The van der Waals surface area contributed by atoms with E-state index in [1.165, 1.54) is 0 Å². The van der Waals surface area contributed by atoms with Crippen LogP contribution < -0.4 is 16.0 Å². The lowest BCUT2D eigenvalue weighted by molar-refractivity contribution is -0.120. The Labute approximate surface area is 126 Å². The average Bonchev–Trinajstić information content (AvgIpc) is 2.34. The molecule has 0 fully saturated rings. The molecule has 6 nitrogen and oxygen atoms in total. The average molecular weight is 372 g/mol. The molecule has 0 spiro atoms. The van der Waals surface area contributed by atoms with Crippen LogP contribution in [-0.4, -0.2) is 52.3 Å². The van der Waals surface area contributed by atoms with E-state index in [-0.39, 0.29) is 29.9 Å².